The Morgan fingerprint density at radius 2 is 0.487 bits per heavy atom. The zero-order chi connectivity index (χ0) is 57.8. The van der Waals surface area contributed by atoms with E-state index in [4.69, 9.17) is 14.2 Å². The SMILES string of the molecule is CC/C=C\C/C=C\C/C=C\C/C=C\C/C=C\C/C=C\CCCCCCCCC(=O)OCC(COC(=O)CCCCCCCCC/C=C\CCCCCCCCC)OC(=O)CCCCCCCCCCC/C=C\C/C=C\CCCCC. The first kappa shape index (κ1) is 76.1. The van der Waals surface area contributed by atoms with Gasteiger partial charge in [0.2, 0.25) is 0 Å². The highest BCUT2D eigenvalue weighted by atomic mass is 16.6. The van der Waals surface area contributed by atoms with Crippen molar-refractivity contribution < 1.29 is 28.6 Å². The quantitative estimate of drug-likeness (QED) is 0.0261. The molecule has 0 bridgehead atoms. The Hall–Kier alpha value is -3.93. The number of esters is 3. The molecule has 0 fully saturated rings. The van der Waals surface area contributed by atoms with E-state index in [-0.39, 0.29) is 31.1 Å². The van der Waals surface area contributed by atoms with Crippen LogP contribution in [0.25, 0.3) is 0 Å². The van der Waals surface area contributed by atoms with Gasteiger partial charge in [0.1, 0.15) is 13.2 Å². The van der Waals surface area contributed by atoms with Crippen LogP contribution in [-0.2, 0) is 28.6 Å². The van der Waals surface area contributed by atoms with Crippen molar-refractivity contribution in [2.45, 2.75) is 329 Å². The molecule has 0 radical (unpaired) electrons. The van der Waals surface area contributed by atoms with Crippen molar-refractivity contribution in [1.82, 2.24) is 0 Å². The molecule has 1 atom stereocenters. The minimum absolute atomic E-state index is 0.0866. The molecule has 6 heteroatoms. The van der Waals surface area contributed by atoms with Gasteiger partial charge in [0.25, 0.3) is 0 Å². The molecule has 80 heavy (non-hydrogen) atoms. The lowest BCUT2D eigenvalue weighted by Gasteiger charge is -2.18. The van der Waals surface area contributed by atoms with Gasteiger partial charge < -0.3 is 14.2 Å². The van der Waals surface area contributed by atoms with Gasteiger partial charge in [-0.2, -0.15) is 0 Å². The van der Waals surface area contributed by atoms with Crippen LogP contribution in [-0.4, -0.2) is 37.2 Å². The van der Waals surface area contributed by atoms with Crippen LogP contribution in [0.2, 0.25) is 0 Å². The lowest BCUT2D eigenvalue weighted by molar-refractivity contribution is -0.167. The van der Waals surface area contributed by atoms with E-state index >= 15 is 0 Å². The van der Waals surface area contributed by atoms with Crippen molar-refractivity contribution in [3.8, 4) is 0 Å². The lowest BCUT2D eigenvalue weighted by atomic mass is 10.1. The molecule has 0 aliphatic carbocycles. The van der Waals surface area contributed by atoms with Crippen molar-refractivity contribution in [2.24, 2.45) is 0 Å². The van der Waals surface area contributed by atoms with Gasteiger partial charge in [0, 0.05) is 19.3 Å². The standard InChI is InChI=1S/C74H126O6/c1-4-7-10-13-16-19-22-25-28-31-34-35-36-37-38-39-41-43-46-49-52-55-58-61-64-67-73(76)79-70-71(69-78-72(75)66-63-60-57-54-51-48-45-42-33-30-27-24-21-18-15-12-9-6-3)80-74(77)68-65-62-59-56-53-50-47-44-40-32-29-26-23-20-17-14-11-8-5-2/h7,10,16-17,19-20,25-26,28-30,33-35,37-38,41,43,71H,4-6,8-9,11-15,18,21-24,27,31-32,36,39-40,42,44-70H2,1-3H3/b10-7-,19-16-,20-17-,28-25-,29-26-,33-30-,35-34-,38-37-,43-41-. The first-order valence-electron chi connectivity index (χ1n) is 33.9. The molecule has 0 aromatic carbocycles. The van der Waals surface area contributed by atoms with Crippen LogP contribution in [0.3, 0.4) is 0 Å². The Balaban J connectivity index is 4.42. The Morgan fingerprint density at radius 1 is 0.263 bits per heavy atom. The zero-order valence-corrected chi connectivity index (χ0v) is 52.6. The molecule has 0 heterocycles. The molecule has 0 aromatic heterocycles. The molecule has 0 saturated carbocycles. The topological polar surface area (TPSA) is 78.9 Å². The molecule has 6 nitrogen and oxygen atoms in total. The van der Waals surface area contributed by atoms with Crippen LogP contribution in [0.15, 0.2) is 109 Å². The number of ether oxygens (including phenoxy) is 3. The number of rotatable bonds is 61. The van der Waals surface area contributed by atoms with Crippen molar-refractivity contribution in [3.05, 3.63) is 109 Å². The fraction of sp³-hybridized carbons (Fsp3) is 0.716. The van der Waals surface area contributed by atoms with E-state index in [0.29, 0.717) is 19.3 Å². The van der Waals surface area contributed by atoms with Crippen LogP contribution in [0.4, 0.5) is 0 Å². The van der Waals surface area contributed by atoms with E-state index in [1.165, 1.54) is 167 Å². The number of allylic oxidation sites excluding steroid dienone is 18. The molecule has 0 aliphatic heterocycles. The summed E-state index contributed by atoms with van der Waals surface area (Å²) in [5, 5.41) is 0. The molecule has 0 N–H and O–H groups in total. The normalized spacial score (nSPS) is 12.8. The van der Waals surface area contributed by atoms with E-state index in [9.17, 15) is 14.4 Å². The zero-order valence-electron chi connectivity index (χ0n) is 52.6. The third-order valence-electron chi connectivity index (χ3n) is 14.5. The maximum Gasteiger partial charge on any atom is 0.306 e. The van der Waals surface area contributed by atoms with Gasteiger partial charge in [-0.15, -0.1) is 0 Å². The molecule has 0 amide bonds. The summed E-state index contributed by atoms with van der Waals surface area (Å²) in [6, 6.07) is 0. The summed E-state index contributed by atoms with van der Waals surface area (Å²) >= 11 is 0. The summed E-state index contributed by atoms with van der Waals surface area (Å²) in [4.78, 5) is 38.4. The van der Waals surface area contributed by atoms with E-state index in [1.807, 2.05) is 0 Å². The Morgan fingerprint density at radius 3 is 0.800 bits per heavy atom. The van der Waals surface area contributed by atoms with Crippen molar-refractivity contribution in [3.63, 3.8) is 0 Å². The van der Waals surface area contributed by atoms with Crippen molar-refractivity contribution >= 4 is 17.9 Å². The fourth-order valence-electron chi connectivity index (χ4n) is 9.41. The monoisotopic (exact) mass is 1110 g/mol. The van der Waals surface area contributed by atoms with Crippen molar-refractivity contribution in [2.75, 3.05) is 13.2 Å². The molecule has 1 unspecified atom stereocenters. The average molecular weight is 1110 g/mol. The van der Waals surface area contributed by atoms with E-state index in [1.54, 1.807) is 0 Å². The van der Waals surface area contributed by atoms with Crippen LogP contribution in [0, 0.1) is 0 Å². The molecule has 0 aliphatic rings. The number of carbonyl (C=O) groups excluding carboxylic acids is 3. The molecule has 0 aromatic rings. The van der Waals surface area contributed by atoms with Gasteiger partial charge in [0.15, 0.2) is 6.10 Å². The van der Waals surface area contributed by atoms with Crippen LogP contribution >= 0.6 is 0 Å². The van der Waals surface area contributed by atoms with E-state index in [2.05, 4.69) is 130 Å². The fourth-order valence-corrected chi connectivity index (χ4v) is 9.41. The molecular weight excluding hydrogens is 985 g/mol. The van der Waals surface area contributed by atoms with Gasteiger partial charge in [-0.05, 0) is 128 Å². The van der Waals surface area contributed by atoms with Crippen LogP contribution in [0.5, 0.6) is 0 Å². The number of carbonyl (C=O) groups is 3. The van der Waals surface area contributed by atoms with Crippen LogP contribution < -0.4 is 0 Å². The minimum Gasteiger partial charge on any atom is -0.462 e. The number of unbranched alkanes of at least 4 members (excludes halogenated alkanes) is 32. The summed E-state index contributed by atoms with van der Waals surface area (Å²) in [7, 11) is 0. The highest BCUT2D eigenvalue weighted by Crippen LogP contribution is 2.16. The van der Waals surface area contributed by atoms with Gasteiger partial charge in [-0.1, -0.05) is 284 Å². The first-order chi connectivity index (χ1) is 39.5. The molecule has 458 valence electrons. The maximum absolute atomic E-state index is 12.9. The molecular formula is C74H126O6. The average Bonchev–Trinajstić information content (AvgIpc) is 3.46. The third kappa shape index (κ3) is 64.9. The molecule has 0 spiro atoms. The van der Waals surface area contributed by atoms with Crippen LogP contribution in [0.1, 0.15) is 323 Å². The first-order valence-corrected chi connectivity index (χ1v) is 33.9. The smallest absolute Gasteiger partial charge is 0.306 e. The summed E-state index contributed by atoms with van der Waals surface area (Å²) in [5.41, 5.74) is 0. The predicted molar refractivity (Wildman–Crippen MR) is 348 cm³/mol. The van der Waals surface area contributed by atoms with E-state index in [0.717, 1.165) is 116 Å². The molecule has 0 saturated heterocycles. The summed E-state index contributed by atoms with van der Waals surface area (Å²) in [5.74, 6) is -0.899. The van der Waals surface area contributed by atoms with Gasteiger partial charge in [0.05, 0.1) is 0 Å². The lowest BCUT2D eigenvalue weighted by Crippen LogP contribution is -2.30. The minimum atomic E-state index is -0.792. The predicted octanol–water partition coefficient (Wildman–Crippen LogP) is 23.4. The molecule has 0 rings (SSSR count). The second-order valence-corrected chi connectivity index (χ2v) is 22.3. The maximum atomic E-state index is 12.9. The van der Waals surface area contributed by atoms with Gasteiger partial charge in [-0.25, -0.2) is 0 Å². The Bertz CT molecular complexity index is 1610. The number of hydrogen-bond donors (Lipinski definition) is 0. The number of hydrogen-bond acceptors (Lipinski definition) is 6. The summed E-state index contributed by atoms with van der Waals surface area (Å²) in [6.45, 7) is 6.51. The Kier molecular flexibility index (Phi) is 64.3. The largest absolute Gasteiger partial charge is 0.462 e. The second-order valence-electron chi connectivity index (χ2n) is 22.3. The second kappa shape index (κ2) is 67.6. The highest BCUT2D eigenvalue weighted by molar-refractivity contribution is 5.71. The van der Waals surface area contributed by atoms with Crippen molar-refractivity contribution in [1.29, 1.82) is 0 Å². The van der Waals surface area contributed by atoms with Gasteiger partial charge >= 0.3 is 17.9 Å². The summed E-state index contributed by atoms with van der Waals surface area (Å²) in [6.07, 6.45) is 92.3. The third-order valence-corrected chi connectivity index (χ3v) is 14.5. The Labute approximate surface area is 495 Å². The highest BCUT2D eigenvalue weighted by Gasteiger charge is 2.19. The van der Waals surface area contributed by atoms with Gasteiger partial charge in [-0.3, -0.25) is 14.4 Å². The van der Waals surface area contributed by atoms with E-state index < -0.39 is 6.10 Å². The summed E-state index contributed by atoms with van der Waals surface area (Å²) < 4.78 is 17.0.